The lowest BCUT2D eigenvalue weighted by Gasteiger charge is -2.12. The maximum atomic E-state index is 5.29. The van der Waals surface area contributed by atoms with Gasteiger partial charge in [0.2, 0.25) is 0 Å². The van der Waals surface area contributed by atoms with Crippen LogP contribution in [0.5, 0.6) is 0 Å². The number of nitrogens with one attached hydrogen (secondary N) is 2. The molecule has 0 aliphatic rings. The second-order valence-corrected chi connectivity index (χ2v) is 5.75. The quantitative estimate of drug-likeness (QED) is 0.600. The highest BCUT2D eigenvalue weighted by Gasteiger charge is 2.02. The van der Waals surface area contributed by atoms with Crippen LogP contribution in [-0.2, 0) is 0 Å². The summed E-state index contributed by atoms with van der Waals surface area (Å²) < 4.78 is 1.98. The van der Waals surface area contributed by atoms with Crippen LogP contribution >= 0.6 is 44.1 Å². The molecule has 0 saturated carbocycles. The van der Waals surface area contributed by atoms with Gasteiger partial charge in [0.25, 0.3) is 0 Å². The van der Waals surface area contributed by atoms with E-state index in [0.717, 1.165) is 20.2 Å². The highest BCUT2D eigenvalue weighted by Crippen LogP contribution is 2.25. The smallest absolute Gasteiger partial charge is 0.125 e. The molecule has 2 aromatic rings. The number of benzene rings is 2. The first-order valence-corrected chi connectivity index (χ1v) is 7.23. The van der Waals surface area contributed by atoms with Gasteiger partial charge in [-0.3, -0.25) is 10.9 Å². The summed E-state index contributed by atoms with van der Waals surface area (Å²) in [5, 5.41) is 0. The first kappa shape index (κ1) is 13.5. The number of anilines is 1. The average molecular weight is 386 g/mol. The zero-order valence-electron chi connectivity index (χ0n) is 9.28. The van der Waals surface area contributed by atoms with Crippen LogP contribution in [0.25, 0.3) is 0 Å². The number of hydrazine groups is 1. The van der Waals surface area contributed by atoms with Gasteiger partial charge in [-0.05, 0) is 34.1 Å². The zero-order valence-corrected chi connectivity index (χ0v) is 13.3. The van der Waals surface area contributed by atoms with E-state index in [9.17, 15) is 0 Å². The first-order chi connectivity index (χ1) is 8.66. The Bertz CT molecular complexity index is 558. The van der Waals surface area contributed by atoms with Crippen molar-refractivity contribution in [2.75, 3.05) is 5.43 Å². The molecule has 92 valence electrons. The minimum Gasteiger partial charge on any atom is -0.299 e. The van der Waals surface area contributed by atoms with Crippen LogP contribution in [0.1, 0.15) is 5.56 Å². The third-order valence-corrected chi connectivity index (χ3v) is 3.76. The van der Waals surface area contributed by atoms with Crippen molar-refractivity contribution in [1.82, 2.24) is 5.43 Å². The fraction of sp³-hybridized carbons (Fsp3) is 0. The third kappa shape index (κ3) is 3.54. The van der Waals surface area contributed by atoms with E-state index >= 15 is 0 Å². The molecule has 0 aliphatic heterocycles. The van der Waals surface area contributed by atoms with E-state index in [1.54, 1.807) is 0 Å². The number of halogens is 2. The summed E-state index contributed by atoms with van der Waals surface area (Å²) in [6.45, 7) is 0. The Morgan fingerprint density at radius 2 is 1.72 bits per heavy atom. The lowest BCUT2D eigenvalue weighted by molar-refractivity contribution is 1.14. The molecule has 2 aromatic carbocycles. The highest BCUT2D eigenvalue weighted by atomic mass is 79.9. The fourth-order valence-corrected chi connectivity index (χ4v) is 2.71. The van der Waals surface area contributed by atoms with Gasteiger partial charge in [-0.2, -0.15) is 0 Å². The van der Waals surface area contributed by atoms with Crippen LogP contribution in [0.15, 0.2) is 57.5 Å². The molecule has 0 fully saturated rings. The van der Waals surface area contributed by atoms with E-state index in [0.29, 0.717) is 4.99 Å². The van der Waals surface area contributed by atoms with Gasteiger partial charge in [-0.25, -0.2) is 0 Å². The maximum absolute atomic E-state index is 5.29. The molecule has 5 heteroatoms. The van der Waals surface area contributed by atoms with Crippen LogP contribution < -0.4 is 10.9 Å². The van der Waals surface area contributed by atoms with E-state index in [2.05, 4.69) is 42.7 Å². The Morgan fingerprint density at radius 3 is 2.39 bits per heavy atom. The van der Waals surface area contributed by atoms with Gasteiger partial charge in [-0.1, -0.05) is 58.5 Å². The van der Waals surface area contributed by atoms with Crippen LogP contribution in [0.4, 0.5) is 5.69 Å². The van der Waals surface area contributed by atoms with Crippen LogP contribution in [-0.4, -0.2) is 4.99 Å². The molecule has 0 saturated heterocycles. The topological polar surface area (TPSA) is 24.1 Å². The number of hydrogen-bond donors (Lipinski definition) is 2. The summed E-state index contributed by atoms with van der Waals surface area (Å²) >= 11 is 12.2. The van der Waals surface area contributed by atoms with Crippen molar-refractivity contribution >= 4 is 54.8 Å². The van der Waals surface area contributed by atoms with Crippen LogP contribution in [0, 0.1) is 0 Å². The zero-order chi connectivity index (χ0) is 13.0. The van der Waals surface area contributed by atoms with Crippen LogP contribution in [0.3, 0.4) is 0 Å². The fourth-order valence-electron chi connectivity index (χ4n) is 1.38. The van der Waals surface area contributed by atoms with E-state index < -0.39 is 0 Å². The van der Waals surface area contributed by atoms with Gasteiger partial charge in [0.1, 0.15) is 4.99 Å². The van der Waals surface area contributed by atoms with Crippen molar-refractivity contribution in [3.63, 3.8) is 0 Å². The summed E-state index contributed by atoms with van der Waals surface area (Å²) in [6, 6.07) is 15.7. The third-order valence-electron chi connectivity index (χ3n) is 2.28. The Kier molecular flexibility index (Phi) is 4.74. The van der Waals surface area contributed by atoms with Gasteiger partial charge < -0.3 is 0 Å². The number of rotatable bonds is 3. The molecule has 0 aliphatic carbocycles. The van der Waals surface area contributed by atoms with E-state index in [1.807, 2.05) is 48.5 Å². The number of thiocarbonyl (C=S) groups is 1. The normalized spacial score (nSPS) is 9.89. The van der Waals surface area contributed by atoms with E-state index in [1.165, 1.54) is 0 Å². The summed E-state index contributed by atoms with van der Waals surface area (Å²) in [7, 11) is 0. The molecular formula is C13H10Br2N2S. The Labute approximate surface area is 128 Å². The molecule has 2 nitrogen and oxygen atoms in total. The summed E-state index contributed by atoms with van der Waals surface area (Å²) in [6.07, 6.45) is 0. The van der Waals surface area contributed by atoms with Crippen molar-refractivity contribution in [2.24, 2.45) is 0 Å². The summed E-state index contributed by atoms with van der Waals surface area (Å²) in [5.41, 5.74) is 8.00. The Balaban J connectivity index is 2.02. The lowest BCUT2D eigenvalue weighted by Crippen LogP contribution is -2.28. The predicted octanol–water partition coefficient (Wildman–Crippen LogP) is 4.50. The Morgan fingerprint density at radius 1 is 1.00 bits per heavy atom. The monoisotopic (exact) mass is 384 g/mol. The minimum absolute atomic E-state index is 0.658. The molecule has 0 bridgehead atoms. The first-order valence-electron chi connectivity index (χ1n) is 5.23. The molecule has 0 aromatic heterocycles. The van der Waals surface area contributed by atoms with Crippen molar-refractivity contribution in [3.05, 3.63) is 63.0 Å². The van der Waals surface area contributed by atoms with Gasteiger partial charge >= 0.3 is 0 Å². The van der Waals surface area contributed by atoms with Gasteiger partial charge in [-0.15, -0.1) is 0 Å². The molecule has 0 heterocycles. The minimum atomic E-state index is 0.658. The lowest BCUT2D eigenvalue weighted by atomic mass is 10.2. The molecule has 0 spiro atoms. The van der Waals surface area contributed by atoms with Crippen molar-refractivity contribution in [1.29, 1.82) is 0 Å². The second-order valence-electron chi connectivity index (χ2n) is 3.57. The average Bonchev–Trinajstić information content (AvgIpc) is 2.38. The number of hydrogen-bond acceptors (Lipinski definition) is 2. The van der Waals surface area contributed by atoms with Crippen molar-refractivity contribution in [2.45, 2.75) is 0 Å². The second kappa shape index (κ2) is 6.31. The largest absolute Gasteiger partial charge is 0.299 e. The van der Waals surface area contributed by atoms with Crippen LogP contribution in [0.2, 0.25) is 0 Å². The molecule has 0 amide bonds. The SMILES string of the molecule is S=C(NNc1ccc(Br)cc1Br)c1ccccc1. The van der Waals surface area contributed by atoms with Crippen molar-refractivity contribution in [3.8, 4) is 0 Å². The molecular weight excluding hydrogens is 376 g/mol. The molecule has 2 rings (SSSR count). The highest BCUT2D eigenvalue weighted by molar-refractivity contribution is 9.11. The molecule has 0 atom stereocenters. The van der Waals surface area contributed by atoms with Crippen molar-refractivity contribution < 1.29 is 0 Å². The molecule has 18 heavy (non-hydrogen) atoms. The van der Waals surface area contributed by atoms with E-state index in [4.69, 9.17) is 12.2 Å². The van der Waals surface area contributed by atoms with Gasteiger partial charge in [0, 0.05) is 14.5 Å². The van der Waals surface area contributed by atoms with Gasteiger partial charge in [0.05, 0.1) is 5.69 Å². The maximum Gasteiger partial charge on any atom is 0.125 e. The van der Waals surface area contributed by atoms with E-state index in [-0.39, 0.29) is 0 Å². The molecule has 0 radical (unpaired) electrons. The van der Waals surface area contributed by atoms with Gasteiger partial charge in [0.15, 0.2) is 0 Å². The summed E-state index contributed by atoms with van der Waals surface area (Å²) in [4.78, 5) is 0.658. The Hall–Kier alpha value is -0.910. The molecule has 2 N–H and O–H groups in total. The summed E-state index contributed by atoms with van der Waals surface area (Å²) in [5.74, 6) is 0. The molecule has 0 unspecified atom stereocenters. The standard InChI is InChI=1S/C13H10Br2N2S/c14-10-6-7-12(11(15)8-10)16-17-13(18)9-4-2-1-3-5-9/h1-8,16H,(H,17,18). The predicted molar refractivity (Wildman–Crippen MR) is 86.7 cm³/mol.